The summed E-state index contributed by atoms with van der Waals surface area (Å²) in [5, 5.41) is 3.07. The lowest BCUT2D eigenvalue weighted by atomic mass is 10.1. The van der Waals surface area contributed by atoms with Crippen LogP contribution in [0.15, 0.2) is 24.5 Å². The Morgan fingerprint density at radius 1 is 1.35 bits per heavy atom. The number of aromatic nitrogens is 1. The molecule has 0 radical (unpaired) electrons. The predicted molar refractivity (Wildman–Crippen MR) is 68.2 cm³/mol. The first-order valence-corrected chi connectivity index (χ1v) is 6.56. The number of amides is 1. The molecule has 0 aliphatic heterocycles. The summed E-state index contributed by atoms with van der Waals surface area (Å²) < 4.78 is 0. The van der Waals surface area contributed by atoms with Crippen LogP contribution in [0.3, 0.4) is 0 Å². The summed E-state index contributed by atoms with van der Waals surface area (Å²) in [7, 11) is 0. The van der Waals surface area contributed by atoms with Gasteiger partial charge in [-0.2, -0.15) is 0 Å². The van der Waals surface area contributed by atoms with Gasteiger partial charge < -0.3 is 5.32 Å². The van der Waals surface area contributed by atoms with Crippen molar-refractivity contribution < 1.29 is 4.79 Å². The Morgan fingerprint density at radius 2 is 2.18 bits per heavy atom. The van der Waals surface area contributed by atoms with E-state index in [1.54, 1.807) is 24.5 Å². The van der Waals surface area contributed by atoms with Gasteiger partial charge in [0.2, 0.25) is 0 Å². The monoisotopic (exact) mass is 252 g/mol. The van der Waals surface area contributed by atoms with Crippen LogP contribution >= 0.6 is 11.6 Å². The Hall–Kier alpha value is -1.09. The van der Waals surface area contributed by atoms with E-state index in [1.165, 1.54) is 6.42 Å². The maximum absolute atomic E-state index is 12.0. The molecule has 1 aromatic heterocycles. The van der Waals surface area contributed by atoms with Gasteiger partial charge in [0.25, 0.3) is 5.91 Å². The Balaban J connectivity index is 1.98. The van der Waals surface area contributed by atoms with E-state index in [1.807, 2.05) is 0 Å². The lowest BCUT2D eigenvalue weighted by Crippen LogP contribution is -2.40. The van der Waals surface area contributed by atoms with Gasteiger partial charge in [0.1, 0.15) is 0 Å². The van der Waals surface area contributed by atoms with Crippen molar-refractivity contribution >= 4 is 17.5 Å². The molecule has 1 heterocycles. The van der Waals surface area contributed by atoms with Gasteiger partial charge in [-0.1, -0.05) is 19.3 Å². The number of halogens is 1. The van der Waals surface area contributed by atoms with Crippen LogP contribution in [0.2, 0.25) is 0 Å². The van der Waals surface area contributed by atoms with E-state index in [0.29, 0.717) is 5.56 Å². The second kappa shape index (κ2) is 6.01. The molecule has 2 atom stereocenters. The van der Waals surface area contributed by atoms with Gasteiger partial charge in [0.05, 0.1) is 10.9 Å². The second-order valence-electron chi connectivity index (χ2n) is 4.48. The van der Waals surface area contributed by atoms with Crippen molar-refractivity contribution in [1.82, 2.24) is 10.3 Å². The number of alkyl halides is 1. The van der Waals surface area contributed by atoms with Crippen LogP contribution in [0.5, 0.6) is 0 Å². The summed E-state index contributed by atoms with van der Waals surface area (Å²) in [4.78, 5) is 15.9. The summed E-state index contributed by atoms with van der Waals surface area (Å²) in [5.74, 6) is -0.0735. The number of hydrogen-bond acceptors (Lipinski definition) is 2. The molecule has 0 bridgehead atoms. The summed E-state index contributed by atoms with van der Waals surface area (Å²) in [5.41, 5.74) is 0.598. The molecule has 1 amide bonds. The molecule has 92 valence electrons. The maximum Gasteiger partial charge on any atom is 0.253 e. The van der Waals surface area contributed by atoms with Gasteiger partial charge >= 0.3 is 0 Å². The second-order valence-corrected chi connectivity index (χ2v) is 5.04. The minimum atomic E-state index is -0.0735. The number of pyridine rings is 1. The van der Waals surface area contributed by atoms with E-state index in [4.69, 9.17) is 11.6 Å². The zero-order valence-electron chi connectivity index (χ0n) is 9.73. The zero-order chi connectivity index (χ0) is 12.1. The van der Waals surface area contributed by atoms with Crippen LogP contribution in [0.4, 0.5) is 0 Å². The summed E-state index contributed by atoms with van der Waals surface area (Å²) in [6.07, 6.45) is 8.71. The van der Waals surface area contributed by atoms with E-state index in [9.17, 15) is 4.79 Å². The topological polar surface area (TPSA) is 42.0 Å². The minimum Gasteiger partial charge on any atom is -0.348 e. The molecule has 2 unspecified atom stereocenters. The first-order chi connectivity index (χ1) is 8.27. The van der Waals surface area contributed by atoms with Gasteiger partial charge in [0.15, 0.2) is 0 Å². The Labute approximate surface area is 107 Å². The molecule has 1 fully saturated rings. The largest absolute Gasteiger partial charge is 0.348 e. The Bertz CT molecular complexity index is 369. The number of hydrogen-bond donors (Lipinski definition) is 1. The smallest absolute Gasteiger partial charge is 0.253 e. The molecule has 1 aliphatic carbocycles. The average Bonchev–Trinajstić information content (AvgIpc) is 2.56. The van der Waals surface area contributed by atoms with Gasteiger partial charge in [-0.05, 0) is 25.0 Å². The van der Waals surface area contributed by atoms with Crippen LogP contribution in [0.25, 0.3) is 0 Å². The number of nitrogens with zero attached hydrogens (tertiary/aromatic N) is 1. The highest BCUT2D eigenvalue weighted by Crippen LogP contribution is 2.22. The summed E-state index contributed by atoms with van der Waals surface area (Å²) >= 11 is 6.29. The Kier molecular flexibility index (Phi) is 4.37. The predicted octanol–water partition coefficient (Wildman–Crippen LogP) is 2.75. The number of rotatable bonds is 2. The van der Waals surface area contributed by atoms with Crippen molar-refractivity contribution in [2.24, 2.45) is 0 Å². The van der Waals surface area contributed by atoms with Gasteiger partial charge in [-0.25, -0.2) is 0 Å². The molecule has 17 heavy (non-hydrogen) atoms. The van der Waals surface area contributed by atoms with Crippen molar-refractivity contribution in [3.05, 3.63) is 30.1 Å². The van der Waals surface area contributed by atoms with Crippen molar-refractivity contribution in [3.63, 3.8) is 0 Å². The van der Waals surface area contributed by atoms with Crippen molar-refractivity contribution in [2.75, 3.05) is 0 Å². The lowest BCUT2D eigenvalue weighted by molar-refractivity contribution is 0.0933. The molecule has 1 aromatic rings. The molecule has 3 nitrogen and oxygen atoms in total. The SMILES string of the molecule is O=C(NC1CCCCCC1Cl)c1cccnc1. The van der Waals surface area contributed by atoms with Crippen LogP contribution in [0, 0.1) is 0 Å². The van der Waals surface area contributed by atoms with Gasteiger partial charge in [-0.3, -0.25) is 9.78 Å². The molecule has 2 rings (SSSR count). The van der Waals surface area contributed by atoms with Crippen molar-refractivity contribution in [3.8, 4) is 0 Å². The van der Waals surface area contributed by atoms with Crippen molar-refractivity contribution in [1.29, 1.82) is 0 Å². The molecule has 1 N–H and O–H groups in total. The van der Waals surface area contributed by atoms with E-state index in [2.05, 4.69) is 10.3 Å². The summed E-state index contributed by atoms with van der Waals surface area (Å²) in [6.45, 7) is 0. The van der Waals surface area contributed by atoms with Gasteiger partial charge in [-0.15, -0.1) is 11.6 Å². The third kappa shape index (κ3) is 3.43. The highest BCUT2D eigenvalue weighted by Gasteiger charge is 2.23. The fourth-order valence-electron chi connectivity index (χ4n) is 2.17. The van der Waals surface area contributed by atoms with Crippen LogP contribution < -0.4 is 5.32 Å². The molecule has 1 saturated carbocycles. The van der Waals surface area contributed by atoms with Crippen LogP contribution in [0.1, 0.15) is 42.5 Å². The third-order valence-electron chi connectivity index (χ3n) is 3.17. The Morgan fingerprint density at radius 3 is 2.94 bits per heavy atom. The normalized spacial score (nSPS) is 25.0. The number of carbonyl (C=O) groups excluding carboxylic acids is 1. The highest BCUT2D eigenvalue weighted by molar-refractivity contribution is 6.21. The first-order valence-electron chi connectivity index (χ1n) is 6.12. The standard InChI is InChI=1S/C13H17ClN2O/c14-11-6-2-1-3-7-12(11)16-13(17)10-5-4-8-15-9-10/h4-5,8-9,11-12H,1-3,6-7H2,(H,16,17). The molecular weight excluding hydrogens is 236 g/mol. The fraction of sp³-hybridized carbons (Fsp3) is 0.538. The van der Waals surface area contributed by atoms with Crippen molar-refractivity contribution in [2.45, 2.75) is 43.5 Å². The third-order valence-corrected chi connectivity index (χ3v) is 3.69. The van der Waals surface area contributed by atoms with E-state index < -0.39 is 0 Å². The fourth-order valence-corrected chi connectivity index (χ4v) is 2.52. The lowest BCUT2D eigenvalue weighted by Gasteiger charge is -2.21. The molecular formula is C13H17ClN2O. The maximum atomic E-state index is 12.0. The molecule has 1 aliphatic rings. The van der Waals surface area contributed by atoms with E-state index in [-0.39, 0.29) is 17.3 Å². The highest BCUT2D eigenvalue weighted by atomic mass is 35.5. The minimum absolute atomic E-state index is 0.0538. The molecule has 0 aromatic carbocycles. The quantitative estimate of drug-likeness (QED) is 0.650. The van der Waals surface area contributed by atoms with E-state index >= 15 is 0 Å². The molecule has 4 heteroatoms. The van der Waals surface area contributed by atoms with Crippen LogP contribution in [-0.4, -0.2) is 22.3 Å². The number of nitrogens with one attached hydrogen (secondary N) is 1. The molecule has 0 spiro atoms. The number of carbonyl (C=O) groups is 1. The summed E-state index contributed by atoms with van der Waals surface area (Å²) in [6, 6.07) is 3.62. The van der Waals surface area contributed by atoms with Gasteiger partial charge in [0, 0.05) is 18.4 Å². The first kappa shape index (κ1) is 12.4. The average molecular weight is 253 g/mol. The molecule has 0 saturated heterocycles. The van der Waals surface area contributed by atoms with Crippen LogP contribution in [-0.2, 0) is 0 Å². The zero-order valence-corrected chi connectivity index (χ0v) is 10.5. The van der Waals surface area contributed by atoms with E-state index in [0.717, 1.165) is 25.7 Å².